The Morgan fingerprint density at radius 2 is 1.83 bits per heavy atom. The maximum atomic E-state index is 12.2. The summed E-state index contributed by atoms with van der Waals surface area (Å²) in [6.07, 6.45) is 5.92. The Kier molecular flexibility index (Phi) is 5.56. The highest BCUT2D eigenvalue weighted by Crippen LogP contribution is 2.34. The lowest BCUT2D eigenvalue weighted by molar-refractivity contribution is -0.134. The molecule has 3 saturated heterocycles. The van der Waals surface area contributed by atoms with E-state index in [1.807, 2.05) is 0 Å². The van der Waals surface area contributed by atoms with Crippen LogP contribution in [-0.4, -0.2) is 59.6 Å². The van der Waals surface area contributed by atoms with Crippen molar-refractivity contribution in [2.45, 2.75) is 50.4 Å². The molecule has 30 heavy (non-hydrogen) atoms. The molecule has 0 bridgehead atoms. The lowest BCUT2D eigenvalue weighted by Gasteiger charge is -2.35. The molecule has 0 aliphatic carbocycles. The second kappa shape index (κ2) is 8.47. The van der Waals surface area contributed by atoms with Crippen LogP contribution in [0.15, 0.2) is 18.2 Å². The Morgan fingerprint density at radius 1 is 1.03 bits per heavy atom. The Labute approximate surface area is 177 Å². The summed E-state index contributed by atoms with van der Waals surface area (Å²) >= 11 is 0. The van der Waals surface area contributed by atoms with Crippen LogP contribution in [0.25, 0.3) is 10.9 Å². The molecule has 7 nitrogen and oxygen atoms in total. The minimum Gasteiger partial charge on any atom is -0.317 e. The van der Waals surface area contributed by atoms with Gasteiger partial charge in [0.1, 0.15) is 0 Å². The van der Waals surface area contributed by atoms with Crippen molar-refractivity contribution in [2.24, 2.45) is 5.92 Å². The number of hydrogen-bond acceptors (Lipinski definition) is 5. The normalized spacial score (nSPS) is 25.0. The van der Waals surface area contributed by atoms with Crippen LogP contribution in [0.2, 0.25) is 0 Å². The molecule has 3 aliphatic heterocycles. The number of nitrogens with zero attached hydrogens (tertiary/aromatic N) is 2. The van der Waals surface area contributed by atoms with E-state index < -0.39 is 0 Å². The molecule has 1 atom stereocenters. The molecule has 1 unspecified atom stereocenters. The van der Waals surface area contributed by atoms with Crippen molar-refractivity contribution >= 4 is 22.7 Å². The molecule has 3 N–H and O–H groups in total. The molecule has 160 valence electrons. The zero-order chi connectivity index (χ0) is 20.5. The van der Waals surface area contributed by atoms with Crippen molar-refractivity contribution in [1.29, 1.82) is 0 Å². The van der Waals surface area contributed by atoms with Gasteiger partial charge in [-0.2, -0.15) is 5.10 Å². The highest BCUT2D eigenvalue weighted by molar-refractivity contribution is 6.02. The second-order valence-electron chi connectivity index (χ2n) is 9.19. The standard InChI is InChI=1S/C23H31N5O2/c29-21-4-3-19(23(30)25-21)22-18-2-1-17(13-20(18)26-27-22)16-7-11-28(12-8-16)14-15-5-9-24-10-6-15/h1-2,13,15-16,19,24H,3-12,14H2,(H,26,27)(H,25,29,30). The van der Waals surface area contributed by atoms with Crippen molar-refractivity contribution in [3.8, 4) is 0 Å². The van der Waals surface area contributed by atoms with Gasteiger partial charge in [-0.05, 0) is 81.7 Å². The molecule has 0 saturated carbocycles. The molecule has 3 fully saturated rings. The number of fused-ring (bicyclic) bond motifs is 1. The molecule has 0 spiro atoms. The van der Waals surface area contributed by atoms with Gasteiger partial charge in [0.2, 0.25) is 11.8 Å². The largest absolute Gasteiger partial charge is 0.317 e. The summed E-state index contributed by atoms with van der Waals surface area (Å²) in [5, 5.41) is 14.5. The first-order chi connectivity index (χ1) is 14.7. The van der Waals surface area contributed by atoms with E-state index in [0.29, 0.717) is 18.8 Å². The van der Waals surface area contributed by atoms with Gasteiger partial charge in [0.05, 0.1) is 17.1 Å². The molecule has 1 aromatic heterocycles. The van der Waals surface area contributed by atoms with Crippen molar-refractivity contribution < 1.29 is 9.59 Å². The SMILES string of the molecule is O=C1CCC(c2n[nH]c3cc(C4CCN(CC5CCNCC5)CC4)ccc23)C(=O)N1. The quantitative estimate of drug-likeness (QED) is 0.674. The van der Waals surface area contributed by atoms with E-state index in [-0.39, 0.29) is 17.7 Å². The van der Waals surface area contributed by atoms with E-state index in [2.05, 4.69) is 43.9 Å². The fourth-order valence-corrected chi connectivity index (χ4v) is 5.41. The molecule has 5 rings (SSSR count). The number of nitrogens with one attached hydrogen (secondary N) is 3. The molecular weight excluding hydrogens is 378 g/mol. The smallest absolute Gasteiger partial charge is 0.235 e. The van der Waals surface area contributed by atoms with Crippen molar-refractivity contribution in [1.82, 2.24) is 25.7 Å². The summed E-state index contributed by atoms with van der Waals surface area (Å²) in [4.78, 5) is 26.3. The zero-order valence-corrected chi connectivity index (χ0v) is 17.5. The lowest BCUT2D eigenvalue weighted by Crippen LogP contribution is -2.39. The molecule has 1 aromatic carbocycles. The number of likely N-dealkylation sites (tertiary alicyclic amines) is 1. The average Bonchev–Trinajstić information content (AvgIpc) is 3.18. The summed E-state index contributed by atoms with van der Waals surface area (Å²) in [5.41, 5.74) is 3.12. The van der Waals surface area contributed by atoms with E-state index in [4.69, 9.17) is 0 Å². The van der Waals surface area contributed by atoms with Crippen LogP contribution in [0.5, 0.6) is 0 Å². The van der Waals surface area contributed by atoms with Gasteiger partial charge < -0.3 is 10.2 Å². The average molecular weight is 410 g/mol. The predicted molar refractivity (Wildman–Crippen MR) is 115 cm³/mol. The van der Waals surface area contributed by atoms with Crippen LogP contribution in [-0.2, 0) is 9.59 Å². The first kappa shape index (κ1) is 19.7. The summed E-state index contributed by atoms with van der Waals surface area (Å²) in [6, 6.07) is 6.53. The zero-order valence-electron chi connectivity index (χ0n) is 17.5. The molecule has 7 heteroatoms. The topological polar surface area (TPSA) is 90.1 Å². The first-order valence-corrected chi connectivity index (χ1v) is 11.4. The van der Waals surface area contributed by atoms with Crippen LogP contribution in [0, 0.1) is 5.92 Å². The Hall–Kier alpha value is -2.25. The molecule has 3 aliphatic rings. The Morgan fingerprint density at radius 3 is 2.60 bits per heavy atom. The van der Waals surface area contributed by atoms with Gasteiger partial charge in [0, 0.05) is 18.4 Å². The van der Waals surface area contributed by atoms with E-state index in [0.717, 1.165) is 22.5 Å². The maximum absolute atomic E-state index is 12.2. The van der Waals surface area contributed by atoms with Gasteiger partial charge in [-0.15, -0.1) is 0 Å². The number of hydrogen-bond donors (Lipinski definition) is 3. The minimum atomic E-state index is -0.347. The van der Waals surface area contributed by atoms with Crippen molar-refractivity contribution in [3.63, 3.8) is 0 Å². The van der Waals surface area contributed by atoms with Crippen molar-refractivity contribution in [3.05, 3.63) is 29.5 Å². The highest BCUT2D eigenvalue weighted by atomic mass is 16.2. The second-order valence-corrected chi connectivity index (χ2v) is 9.19. The number of carbonyl (C=O) groups excluding carboxylic acids is 2. The third-order valence-corrected chi connectivity index (χ3v) is 7.22. The summed E-state index contributed by atoms with van der Waals surface area (Å²) in [5.74, 6) is 0.672. The van der Waals surface area contributed by atoms with Gasteiger partial charge in [-0.25, -0.2) is 0 Å². The number of amides is 2. The van der Waals surface area contributed by atoms with E-state index in [1.54, 1.807) is 0 Å². The third-order valence-electron chi connectivity index (χ3n) is 7.22. The van der Waals surface area contributed by atoms with Gasteiger partial charge in [-0.3, -0.25) is 20.0 Å². The van der Waals surface area contributed by atoms with Gasteiger partial charge in [0.25, 0.3) is 0 Å². The Bertz CT molecular complexity index is 925. The number of benzene rings is 1. The fraction of sp³-hybridized carbons (Fsp3) is 0.609. The number of H-pyrrole nitrogens is 1. The molecule has 2 amide bonds. The minimum absolute atomic E-state index is 0.190. The van der Waals surface area contributed by atoms with Crippen LogP contribution in [0.4, 0.5) is 0 Å². The van der Waals surface area contributed by atoms with Crippen LogP contribution >= 0.6 is 0 Å². The van der Waals surface area contributed by atoms with Crippen LogP contribution in [0.1, 0.15) is 61.6 Å². The summed E-state index contributed by atoms with van der Waals surface area (Å²) < 4.78 is 0. The van der Waals surface area contributed by atoms with Crippen LogP contribution < -0.4 is 10.6 Å². The monoisotopic (exact) mass is 409 g/mol. The molecular formula is C23H31N5O2. The maximum Gasteiger partial charge on any atom is 0.235 e. The van der Waals surface area contributed by atoms with Crippen LogP contribution in [0.3, 0.4) is 0 Å². The van der Waals surface area contributed by atoms with Crippen molar-refractivity contribution in [2.75, 3.05) is 32.7 Å². The van der Waals surface area contributed by atoms with Gasteiger partial charge >= 0.3 is 0 Å². The number of aromatic nitrogens is 2. The summed E-state index contributed by atoms with van der Waals surface area (Å²) in [7, 11) is 0. The highest BCUT2D eigenvalue weighted by Gasteiger charge is 2.31. The third kappa shape index (κ3) is 4.01. The Balaban J connectivity index is 1.24. The lowest BCUT2D eigenvalue weighted by atomic mass is 9.87. The number of piperidine rings is 3. The first-order valence-electron chi connectivity index (χ1n) is 11.4. The number of imide groups is 1. The molecule has 2 aromatic rings. The van der Waals surface area contributed by atoms with Gasteiger partial charge in [-0.1, -0.05) is 12.1 Å². The number of rotatable bonds is 4. The molecule has 4 heterocycles. The number of carbonyl (C=O) groups is 2. The predicted octanol–water partition coefficient (Wildman–Crippen LogP) is 2.26. The van der Waals surface area contributed by atoms with E-state index in [1.165, 1.54) is 64.0 Å². The fourth-order valence-electron chi connectivity index (χ4n) is 5.41. The molecule has 0 radical (unpaired) electrons. The van der Waals surface area contributed by atoms with E-state index in [9.17, 15) is 9.59 Å². The number of aromatic amines is 1. The van der Waals surface area contributed by atoms with E-state index >= 15 is 0 Å². The summed E-state index contributed by atoms with van der Waals surface area (Å²) in [6.45, 7) is 5.95. The van der Waals surface area contributed by atoms with Gasteiger partial charge in [0.15, 0.2) is 0 Å².